The molecule has 0 aliphatic heterocycles. The van der Waals surface area contributed by atoms with Crippen LogP contribution >= 0.6 is 0 Å². The second-order valence-corrected chi connectivity index (χ2v) is 7.42. The topological polar surface area (TPSA) is 100 Å². The molecule has 0 unspecified atom stereocenters. The third-order valence-corrected chi connectivity index (χ3v) is 5.27. The van der Waals surface area contributed by atoms with Crippen LogP contribution in [0.2, 0.25) is 0 Å². The Hall–Kier alpha value is -4.57. The minimum atomic E-state index is -0.278. The lowest BCUT2D eigenvalue weighted by molar-refractivity contribution is 0.102. The van der Waals surface area contributed by atoms with Crippen molar-refractivity contribution < 1.29 is 14.3 Å². The molecule has 7 heteroatoms. The van der Waals surface area contributed by atoms with E-state index < -0.39 is 0 Å². The summed E-state index contributed by atoms with van der Waals surface area (Å²) in [6, 6.07) is 20.1. The van der Waals surface area contributed by atoms with Gasteiger partial charge in [-0.3, -0.25) is 4.79 Å². The molecule has 1 aromatic heterocycles. The number of carbonyl (C=O) groups is 1. The number of aromatic nitrogens is 2. The van der Waals surface area contributed by atoms with E-state index in [9.17, 15) is 4.79 Å². The molecular weight excluding hydrogens is 416 g/mol. The van der Waals surface area contributed by atoms with Crippen LogP contribution in [0.25, 0.3) is 22.6 Å². The van der Waals surface area contributed by atoms with Crippen LogP contribution in [-0.2, 0) is 0 Å². The van der Waals surface area contributed by atoms with Crippen molar-refractivity contribution in [2.45, 2.75) is 6.92 Å². The van der Waals surface area contributed by atoms with Crippen molar-refractivity contribution in [2.24, 2.45) is 0 Å². The van der Waals surface area contributed by atoms with Gasteiger partial charge < -0.3 is 19.8 Å². The van der Waals surface area contributed by atoms with E-state index in [-0.39, 0.29) is 5.91 Å². The van der Waals surface area contributed by atoms with Crippen molar-refractivity contribution in [1.29, 1.82) is 5.26 Å². The molecule has 0 saturated carbocycles. The van der Waals surface area contributed by atoms with E-state index in [2.05, 4.69) is 21.4 Å². The Bertz CT molecular complexity index is 1330. The highest BCUT2D eigenvalue weighted by atomic mass is 16.5. The fourth-order valence-electron chi connectivity index (χ4n) is 3.43. The normalized spacial score (nSPS) is 10.4. The van der Waals surface area contributed by atoms with E-state index in [4.69, 9.17) is 14.7 Å². The molecule has 0 spiro atoms. The molecular formula is C26H22N4O3. The SMILES string of the molecule is COc1cc(OC)cc(C(=O)Nc2ccc(C)c(-c3ncc(-c4ccc(C#N)cc4)[nH]3)c2)c1. The Morgan fingerprint density at radius 2 is 1.70 bits per heavy atom. The molecule has 3 aromatic carbocycles. The van der Waals surface area contributed by atoms with Crippen molar-refractivity contribution in [3.63, 3.8) is 0 Å². The summed E-state index contributed by atoms with van der Waals surface area (Å²) in [6.45, 7) is 1.98. The molecule has 33 heavy (non-hydrogen) atoms. The van der Waals surface area contributed by atoms with Gasteiger partial charge in [-0.05, 0) is 54.4 Å². The average molecular weight is 438 g/mol. The number of hydrogen-bond acceptors (Lipinski definition) is 5. The summed E-state index contributed by atoms with van der Waals surface area (Å²) in [6.07, 6.45) is 1.75. The second-order valence-electron chi connectivity index (χ2n) is 7.42. The maximum absolute atomic E-state index is 12.9. The highest BCUT2D eigenvalue weighted by Crippen LogP contribution is 2.28. The Kier molecular flexibility index (Phi) is 6.09. The fourth-order valence-corrected chi connectivity index (χ4v) is 3.43. The molecule has 0 aliphatic carbocycles. The summed E-state index contributed by atoms with van der Waals surface area (Å²) in [5.74, 6) is 1.48. The van der Waals surface area contributed by atoms with Gasteiger partial charge in [0.05, 0.1) is 37.7 Å². The molecule has 164 valence electrons. The van der Waals surface area contributed by atoms with Crippen molar-refractivity contribution in [3.8, 4) is 40.2 Å². The zero-order valence-electron chi connectivity index (χ0n) is 18.5. The Morgan fingerprint density at radius 1 is 1.00 bits per heavy atom. The number of H-pyrrole nitrogens is 1. The lowest BCUT2D eigenvalue weighted by atomic mass is 10.1. The van der Waals surface area contributed by atoms with Gasteiger partial charge in [0.1, 0.15) is 17.3 Å². The summed E-state index contributed by atoms with van der Waals surface area (Å²) in [5.41, 5.74) is 5.32. The first-order chi connectivity index (χ1) is 16.0. The number of carbonyl (C=O) groups excluding carboxylic acids is 1. The lowest BCUT2D eigenvalue weighted by Crippen LogP contribution is -2.12. The van der Waals surface area contributed by atoms with Crippen LogP contribution in [-0.4, -0.2) is 30.1 Å². The van der Waals surface area contributed by atoms with E-state index >= 15 is 0 Å². The number of ether oxygens (including phenoxy) is 2. The minimum absolute atomic E-state index is 0.278. The summed E-state index contributed by atoms with van der Waals surface area (Å²) in [7, 11) is 3.08. The van der Waals surface area contributed by atoms with Gasteiger partial charge in [-0.1, -0.05) is 18.2 Å². The van der Waals surface area contributed by atoms with Crippen molar-refractivity contribution in [1.82, 2.24) is 9.97 Å². The van der Waals surface area contributed by atoms with Crippen molar-refractivity contribution >= 4 is 11.6 Å². The number of aromatic amines is 1. The fraction of sp³-hybridized carbons (Fsp3) is 0.115. The number of aryl methyl sites for hydroxylation is 1. The van der Waals surface area contributed by atoms with Gasteiger partial charge in [-0.2, -0.15) is 5.26 Å². The highest BCUT2D eigenvalue weighted by Gasteiger charge is 2.13. The molecule has 0 aliphatic rings. The van der Waals surface area contributed by atoms with Crippen LogP contribution in [0.4, 0.5) is 5.69 Å². The number of benzene rings is 3. The van der Waals surface area contributed by atoms with Crippen LogP contribution in [0.15, 0.2) is 66.9 Å². The zero-order valence-corrected chi connectivity index (χ0v) is 18.5. The minimum Gasteiger partial charge on any atom is -0.497 e. The smallest absolute Gasteiger partial charge is 0.255 e. The molecule has 0 radical (unpaired) electrons. The molecule has 1 amide bonds. The number of nitrogens with one attached hydrogen (secondary N) is 2. The van der Waals surface area contributed by atoms with Crippen molar-refractivity contribution in [2.75, 3.05) is 19.5 Å². The maximum atomic E-state index is 12.9. The third kappa shape index (κ3) is 4.70. The second kappa shape index (κ2) is 9.28. The van der Waals surface area contributed by atoms with Crippen molar-refractivity contribution in [3.05, 3.63) is 83.6 Å². The van der Waals surface area contributed by atoms with Gasteiger partial charge in [0.25, 0.3) is 5.91 Å². The third-order valence-electron chi connectivity index (χ3n) is 5.27. The first kappa shape index (κ1) is 21.7. The monoisotopic (exact) mass is 438 g/mol. The summed E-state index contributed by atoms with van der Waals surface area (Å²) >= 11 is 0. The molecule has 4 aromatic rings. The Balaban J connectivity index is 1.59. The average Bonchev–Trinajstić information content (AvgIpc) is 3.35. The van der Waals surface area contributed by atoms with E-state index in [1.807, 2.05) is 37.3 Å². The number of methoxy groups -OCH3 is 2. The van der Waals surface area contributed by atoms with Gasteiger partial charge in [0.15, 0.2) is 0 Å². The zero-order chi connectivity index (χ0) is 23.4. The quantitative estimate of drug-likeness (QED) is 0.431. The molecule has 0 atom stereocenters. The largest absolute Gasteiger partial charge is 0.497 e. The maximum Gasteiger partial charge on any atom is 0.255 e. The number of nitriles is 1. The van der Waals surface area contributed by atoms with Crippen LogP contribution < -0.4 is 14.8 Å². The summed E-state index contributed by atoms with van der Waals surface area (Å²) in [4.78, 5) is 20.7. The van der Waals surface area contributed by atoms with Gasteiger partial charge >= 0.3 is 0 Å². The van der Waals surface area contributed by atoms with E-state index in [1.54, 1.807) is 36.5 Å². The molecule has 1 heterocycles. The number of imidazole rings is 1. The first-order valence-corrected chi connectivity index (χ1v) is 10.2. The van der Waals surface area contributed by atoms with Gasteiger partial charge in [0.2, 0.25) is 0 Å². The highest BCUT2D eigenvalue weighted by molar-refractivity contribution is 6.05. The predicted molar refractivity (Wildman–Crippen MR) is 126 cm³/mol. The predicted octanol–water partition coefficient (Wildman–Crippen LogP) is 5.19. The number of anilines is 1. The van der Waals surface area contributed by atoms with Gasteiger partial charge in [0, 0.05) is 22.9 Å². The number of nitrogens with zero attached hydrogens (tertiary/aromatic N) is 2. The number of amides is 1. The molecule has 7 nitrogen and oxygen atoms in total. The van der Waals surface area contributed by atoms with Gasteiger partial charge in [-0.25, -0.2) is 4.98 Å². The Labute approximate surface area is 191 Å². The first-order valence-electron chi connectivity index (χ1n) is 10.2. The molecule has 0 fully saturated rings. The molecule has 2 N–H and O–H groups in total. The van der Waals surface area contributed by atoms with Crippen LogP contribution in [0.1, 0.15) is 21.5 Å². The van der Waals surface area contributed by atoms with Crippen LogP contribution in [0.3, 0.4) is 0 Å². The Morgan fingerprint density at radius 3 is 2.33 bits per heavy atom. The number of hydrogen-bond donors (Lipinski definition) is 2. The molecule has 4 rings (SSSR count). The molecule has 0 saturated heterocycles. The van der Waals surface area contributed by atoms with Gasteiger partial charge in [-0.15, -0.1) is 0 Å². The summed E-state index contributed by atoms with van der Waals surface area (Å²) < 4.78 is 10.5. The summed E-state index contributed by atoms with van der Waals surface area (Å²) in [5, 5.41) is 11.9. The van der Waals surface area contributed by atoms with E-state index in [0.29, 0.717) is 34.1 Å². The van der Waals surface area contributed by atoms with Crippen LogP contribution in [0.5, 0.6) is 11.5 Å². The van der Waals surface area contributed by atoms with E-state index in [1.165, 1.54) is 14.2 Å². The molecule has 0 bridgehead atoms. The standard InChI is InChI=1S/C26H22N4O3/c1-16-4-9-20(29-26(31)19-10-21(32-2)13-22(11-19)33-3)12-23(16)25-28-15-24(30-25)18-7-5-17(14-27)6-8-18/h4-13,15H,1-3H3,(H,28,30)(H,29,31). The van der Waals surface area contributed by atoms with E-state index in [0.717, 1.165) is 22.4 Å². The number of rotatable bonds is 6. The lowest BCUT2D eigenvalue weighted by Gasteiger charge is -2.11. The van der Waals surface area contributed by atoms with Crippen LogP contribution in [0, 0.1) is 18.3 Å².